The van der Waals surface area contributed by atoms with E-state index in [1.807, 2.05) is 20.0 Å². The van der Waals surface area contributed by atoms with Gasteiger partial charge in [-0.05, 0) is 37.6 Å². The van der Waals surface area contributed by atoms with Crippen LogP contribution in [0.25, 0.3) is 5.69 Å². The van der Waals surface area contributed by atoms with Crippen LogP contribution in [0.5, 0.6) is 0 Å². The number of hydrogen-bond donors (Lipinski definition) is 2. The first-order valence-electron chi connectivity index (χ1n) is 7.77. The minimum Gasteiger partial charge on any atom is -0.366 e. The summed E-state index contributed by atoms with van der Waals surface area (Å²) in [5.74, 6) is -0.899. The molecule has 3 aromatic rings. The Morgan fingerprint density at radius 1 is 1.16 bits per heavy atom. The highest BCUT2D eigenvalue weighted by Gasteiger charge is 2.15. The predicted octanol–water partition coefficient (Wildman–Crippen LogP) is 1.75. The number of aryl methyl sites for hydroxylation is 2. The Bertz CT molecular complexity index is 940. The average molecular weight is 338 g/mol. The van der Waals surface area contributed by atoms with E-state index in [4.69, 9.17) is 5.73 Å². The molecule has 2 amide bonds. The minimum atomic E-state index is -0.572. The molecule has 0 spiro atoms. The van der Waals surface area contributed by atoms with Crippen molar-refractivity contribution in [3.05, 3.63) is 59.7 Å². The molecule has 0 fully saturated rings. The van der Waals surface area contributed by atoms with E-state index in [1.165, 1.54) is 12.3 Å². The second-order valence-corrected chi connectivity index (χ2v) is 5.60. The SMILES string of the molecule is CCn1cc(C(=O)Nc2cc(C(N)=O)ccc2-n2cc(C)cn2)cn1. The van der Waals surface area contributed by atoms with Gasteiger partial charge < -0.3 is 11.1 Å². The van der Waals surface area contributed by atoms with Crippen molar-refractivity contribution in [3.8, 4) is 5.69 Å². The predicted molar refractivity (Wildman–Crippen MR) is 92.7 cm³/mol. The molecule has 8 nitrogen and oxygen atoms in total. The van der Waals surface area contributed by atoms with Crippen LogP contribution in [-0.4, -0.2) is 31.4 Å². The maximum Gasteiger partial charge on any atom is 0.258 e. The van der Waals surface area contributed by atoms with Crippen molar-refractivity contribution in [2.75, 3.05) is 5.32 Å². The highest BCUT2D eigenvalue weighted by Crippen LogP contribution is 2.23. The molecule has 128 valence electrons. The molecule has 1 aromatic carbocycles. The maximum absolute atomic E-state index is 12.5. The third-order valence-corrected chi connectivity index (χ3v) is 3.71. The maximum atomic E-state index is 12.5. The lowest BCUT2D eigenvalue weighted by Crippen LogP contribution is -2.16. The quantitative estimate of drug-likeness (QED) is 0.739. The summed E-state index contributed by atoms with van der Waals surface area (Å²) >= 11 is 0. The smallest absolute Gasteiger partial charge is 0.258 e. The number of anilines is 1. The topological polar surface area (TPSA) is 108 Å². The van der Waals surface area contributed by atoms with Crippen LogP contribution in [0.15, 0.2) is 43.0 Å². The fourth-order valence-corrected chi connectivity index (χ4v) is 2.38. The standard InChI is InChI=1S/C17H18N6O2/c1-3-22-10-13(8-19-22)17(25)21-14-6-12(16(18)24)4-5-15(14)23-9-11(2)7-20-23/h4-10H,3H2,1-2H3,(H2,18,24)(H,21,25). The van der Waals surface area contributed by atoms with Crippen molar-refractivity contribution in [3.63, 3.8) is 0 Å². The van der Waals surface area contributed by atoms with Crippen LogP contribution >= 0.6 is 0 Å². The van der Waals surface area contributed by atoms with Crippen LogP contribution in [0.1, 0.15) is 33.2 Å². The van der Waals surface area contributed by atoms with Crippen LogP contribution in [0.2, 0.25) is 0 Å². The molecular weight excluding hydrogens is 320 g/mol. The van der Waals surface area contributed by atoms with E-state index in [2.05, 4.69) is 15.5 Å². The van der Waals surface area contributed by atoms with Crippen molar-refractivity contribution in [1.29, 1.82) is 0 Å². The van der Waals surface area contributed by atoms with E-state index >= 15 is 0 Å². The molecule has 0 unspecified atom stereocenters. The van der Waals surface area contributed by atoms with Gasteiger partial charge in [0.05, 0.1) is 29.3 Å². The van der Waals surface area contributed by atoms with Gasteiger partial charge in [0.25, 0.3) is 5.91 Å². The van der Waals surface area contributed by atoms with Crippen LogP contribution in [0, 0.1) is 6.92 Å². The lowest BCUT2D eigenvalue weighted by molar-refractivity contribution is 0.0996. The second kappa shape index (κ2) is 6.60. The van der Waals surface area contributed by atoms with Gasteiger partial charge in [-0.1, -0.05) is 0 Å². The molecule has 25 heavy (non-hydrogen) atoms. The molecule has 0 aliphatic carbocycles. The number of carbonyl (C=O) groups excluding carboxylic acids is 2. The summed E-state index contributed by atoms with van der Waals surface area (Å²) in [5, 5.41) is 11.1. The molecular formula is C17H18N6O2. The normalized spacial score (nSPS) is 10.6. The zero-order chi connectivity index (χ0) is 18.0. The minimum absolute atomic E-state index is 0.298. The number of primary amides is 1. The van der Waals surface area contributed by atoms with E-state index in [9.17, 15) is 9.59 Å². The van der Waals surface area contributed by atoms with Crippen molar-refractivity contribution >= 4 is 17.5 Å². The Kier molecular flexibility index (Phi) is 4.34. The fourth-order valence-electron chi connectivity index (χ4n) is 2.38. The number of rotatable bonds is 5. The average Bonchev–Trinajstić information content (AvgIpc) is 3.23. The van der Waals surface area contributed by atoms with E-state index in [0.29, 0.717) is 29.0 Å². The Morgan fingerprint density at radius 2 is 1.96 bits per heavy atom. The first-order chi connectivity index (χ1) is 12.0. The number of nitrogens with two attached hydrogens (primary N) is 1. The fraction of sp³-hybridized carbons (Fsp3) is 0.176. The largest absolute Gasteiger partial charge is 0.366 e. The summed E-state index contributed by atoms with van der Waals surface area (Å²) in [6, 6.07) is 4.83. The zero-order valence-corrected chi connectivity index (χ0v) is 13.9. The molecule has 0 aliphatic rings. The summed E-state index contributed by atoms with van der Waals surface area (Å²) in [7, 11) is 0. The number of aromatic nitrogens is 4. The Hall–Kier alpha value is -3.42. The highest BCUT2D eigenvalue weighted by atomic mass is 16.2. The monoisotopic (exact) mass is 338 g/mol. The van der Waals surface area contributed by atoms with Gasteiger partial charge in [0, 0.05) is 24.5 Å². The van der Waals surface area contributed by atoms with Crippen molar-refractivity contribution in [2.45, 2.75) is 20.4 Å². The van der Waals surface area contributed by atoms with Gasteiger partial charge in [-0.3, -0.25) is 14.3 Å². The lowest BCUT2D eigenvalue weighted by atomic mass is 10.1. The van der Waals surface area contributed by atoms with E-state index < -0.39 is 5.91 Å². The number of nitrogens with zero attached hydrogens (tertiary/aromatic N) is 4. The third kappa shape index (κ3) is 3.42. The molecule has 2 aromatic heterocycles. The third-order valence-electron chi connectivity index (χ3n) is 3.71. The molecule has 0 radical (unpaired) electrons. The highest BCUT2D eigenvalue weighted by molar-refractivity contribution is 6.06. The summed E-state index contributed by atoms with van der Waals surface area (Å²) in [5.41, 5.74) is 8.12. The van der Waals surface area contributed by atoms with E-state index in [1.54, 1.807) is 33.9 Å². The van der Waals surface area contributed by atoms with Gasteiger partial charge in [0.1, 0.15) is 0 Å². The Morgan fingerprint density at radius 3 is 2.56 bits per heavy atom. The number of benzene rings is 1. The summed E-state index contributed by atoms with van der Waals surface area (Å²) < 4.78 is 3.29. The molecule has 3 N–H and O–H groups in total. The number of amides is 2. The van der Waals surface area contributed by atoms with E-state index in [0.717, 1.165) is 5.56 Å². The summed E-state index contributed by atoms with van der Waals surface area (Å²) in [6.45, 7) is 4.52. The summed E-state index contributed by atoms with van der Waals surface area (Å²) in [6.07, 6.45) is 6.68. The number of carbonyl (C=O) groups is 2. The Balaban J connectivity index is 1.98. The number of hydrogen-bond acceptors (Lipinski definition) is 4. The molecule has 0 saturated carbocycles. The van der Waals surface area contributed by atoms with Crippen LogP contribution in [0.3, 0.4) is 0 Å². The molecule has 0 atom stereocenters. The van der Waals surface area contributed by atoms with Gasteiger partial charge in [-0.2, -0.15) is 10.2 Å². The summed E-state index contributed by atoms with van der Waals surface area (Å²) in [4.78, 5) is 24.0. The van der Waals surface area contributed by atoms with Gasteiger partial charge in [-0.25, -0.2) is 4.68 Å². The van der Waals surface area contributed by atoms with Crippen molar-refractivity contribution < 1.29 is 9.59 Å². The van der Waals surface area contributed by atoms with Crippen LogP contribution in [0.4, 0.5) is 5.69 Å². The van der Waals surface area contributed by atoms with Gasteiger partial charge in [0.15, 0.2) is 0 Å². The molecule has 0 saturated heterocycles. The number of nitrogens with one attached hydrogen (secondary N) is 1. The van der Waals surface area contributed by atoms with Crippen molar-refractivity contribution in [2.24, 2.45) is 5.73 Å². The molecule has 3 rings (SSSR count). The van der Waals surface area contributed by atoms with Crippen molar-refractivity contribution in [1.82, 2.24) is 19.6 Å². The van der Waals surface area contributed by atoms with Crippen LogP contribution < -0.4 is 11.1 Å². The molecule has 2 heterocycles. The zero-order valence-electron chi connectivity index (χ0n) is 13.9. The second-order valence-electron chi connectivity index (χ2n) is 5.60. The Labute approximate surface area is 144 Å². The van der Waals surface area contributed by atoms with E-state index in [-0.39, 0.29) is 5.91 Å². The van der Waals surface area contributed by atoms with Gasteiger partial charge >= 0.3 is 0 Å². The van der Waals surface area contributed by atoms with Gasteiger partial charge in [-0.15, -0.1) is 0 Å². The molecule has 0 bridgehead atoms. The lowest BCUT2D eigenvalue weighted by Gasteiger charge is -2.12. The molecule has 0 aliphatic heterocycles. The first kappa shape index (κ1) is 16.4. The molecule has 8 heteroatoms. The van der Waals surface area contributed by atoms with Gasteiger partial charge in [0.2, 0.25) is 5.91 Å². The first-order valence-corrected chi connectivity index (χ1v) is 7.77. The van der Waals surface area contributed by atoms with Crippen LogP contribution in [-0.2, 0) is 6.54 Å².